The second-order valence-corrected chi connectivity index (χ2v) is 6.16. The lowest BCUT2D eigenvalue weighted by Gasteiger charge is -2.24. The van der Waals surface area contributed by atoms with Gasteiger partial charge in [0.25, 0.3) is 10.2 Å². The van der Waals surface area contributed by atoms with Crippen LogP contribution in [0.3, 0.4) is 0 Å². The summed E-state index contributed by atoms with van der Waals surface area (Å²) in [4.78, 5) is 12.0. The average Bonchev–Trinajstić information content (AvgIpc) is 2.36. The standard InChI is InChI=1S/C13H18N2O4S/c1-19-7-6-12-11-4-3-10(15-20(14,17)18)8-9(11)2-5-13(12)16/h3-4,8,12,15H,2,5-7H2,1H3,(H2,14,17,18)/t12-/m0/s1. The Hall–Kier alpha value is -1.44. The maximum absolute atomic E-state index is 12.0. The van der Waals surface area contributed by atoms with Crippen molar-refractivity contribution >= 4 is 21.7 Å². The van der Waals surface area contributed by atoms with Crippen LogP contribution in [0.1, 0.15) is 29.9 Å². The highest BCUT2D eigenvalue weighted by atomic mass is 32.2. The molecule has 0 heterocycles. The molecule has 1 aromatic carbocycles. The third-order valence-electron chi connectivity index (χ3n) is 3.42. The van der Waals surface area contributed by atoms with Crippen molar-refractivity contribution in [2.24, 2.45) is 5.14 Å². The van der Waals surface area contributed by atoms with Crippen LogP contribution in [-0.2, 0) is 26.2 Å². The fourth-order valence-electron chi connectivity index (χ4n) is 2.55. The molecule has 0 radical (unpaired) electrons. The molecule has 0 spiro atoms. The van der Waals surface area contributed by atoms with Gasteiger partial charge in [0.15, 0.2) is 0 Å². The lowest BCUT2D eigenvalue weighted by Crippen LogP contribution is -2.24. The second kappa shape index (κ2) is 5.90. The Morgan fingerprint density at radius 1 is 1.40 bits per heavy atom. The Kier molecular flexibility index (Phi) is 4.42. The molecule has 0 fully saturated rings. The van der Waals surface area contributed by atoms with Crippen LogP contribution < -0.4 is 9.86 Å². The Bertz CT molecular complexity index is 613. The number of carbonyl (C=O) groups excluding carboxylic acids is 1. The van der Waals surface area contributed by atoms with Crippen LogP contribution in [0.15, 0.2) is 18.2 Å². The third kappa shape index (κ3) is 3.56. The van der Waals surface area contributed by atoms with Crippen LogP contribution in [0.2, 0.25) is 0 Å². The van der Waals surface area contributed by atoms with E-state index in [2.05, 4.69) is 4.72 Å². The quantitative estimate of drug-likeness (QED) is 0.845. The molecule has 1 aromatic rings. The SMILES string of the molecule is COCC[C@@H]1C(=O)CCc2cc(NS(N)(=O)=O)ccc21. The summed E-state index contributed by atoms with van der Waals surface area (Å²) in [6, 6.07) is 5.16. The molecule has 3 N–H and O–H groups in total. The van der Waals surface area contributed by atoms with Crippen molar-refractivity contribution in [1.82, 2.24) is 0 Å². The van der Waals surface area contributed by atoms with Gasteiger partial charge in [-0.25, -0.2) is 5.14 Å². The van der Waals surface area contributed by atoms with Crippen LogP contribution in [0.5, 0.6) is 0 Å². The highest BCUT2D eigenvalue weighted by Gasteiger charge is 2.27. The second-order valence-electron chi connectivity index (χ2n) is 4.86. The van der Waals surface area contributed by atoms with E-state index in [4.69, 9.17) is 9.88 Å². The first-order valence-electron chi connectivity index (χ1n) is 6.35. The summed E-state index contributed by atoms with van der Waals surface area (Å²) in [5.74, 6) is 0.0453. The number of carbonyl (C=O) groups is 1. The molecule has 0 aromatic heterocycles. The van der Waals surface area contributed by atoms with Gasteiger partial charge in [0, 0.05) is 26.1 Å². The zero-order chi connectivity index (χ0) is 14.8. The van der Waals surface area contributed by atoms with Gasteiger partial charge in [-0.2, -0.15) is 8.42 Å². The lowest BCUT2D eigenvalue weighted by atomic mass is 9.80. The fourth-order valence-corrected chi connectivity index (χ4v) is 3.00. The van der Waals surface area contributed by atoms with Gasteiger partial charge in [0.2, 0.25) is 0 Å². The maximum atomic E-state index is 12.0. The van der Waals surface area contributed by atoms with Crippen molar-refractivity contribution in [2.45, 2.75) is 25.2 Å². The van der Waals surface area contributed by atoms with E-state index in [1.54, 1.807) is 25.3 Å². The number of aryl methyl sites for hydroxylation is 1. The summed E-state index contributed by atoms with van der Waals surface area (Å²) in [5, 5.41) is 4.95. The van der Waals surface area contributed by atoms with E-state index in [0.717, 1.165) is 11.1 Å². The molecular formula is C13H18N2O4S. The number of hydrogen-bond acceptors (Lipinski definition) is 4. The van der Waals surface area contributed by atoms with Gasteiger partial charge in [-0.1, -0.05) is 6.07 Å². The monoisotopic (exact) mass is 298 g/mol. The number of fused-ring (bicyclic) bond motifs is 1. The van der Waals surface area contributed by atoms with Crippen LogP contribution in [0, 0.1) is 0 Å². The first-order chi connectivity index (χ1) is 9.40. The van der Waals surface area contributed by atoms with Crippen LogP contribution >= 0.6 is 0 Å². The zero-order valence-electron chi connectivity index (χ0n) is 11.3. The number of rotatable bonds is 5. The topological polar surface area (TPSA) is 98.5 Å². The van der Waals surface area contributed by atoms with E-state index in [0.29, 0.717) is 31.6 Å². The Morgan fingerprint density at radius 3 is 2.80 bits per heavy atom. The molecule has 1 atom stereocenters. The first kappa shape index (κ1) is 15.0. The Balaban J connectivity index is 2.28. The molecule has 0 aliphatic heterocycles. The summed E-state index contributed by atoms with van der Waals surface area (Å²) in [7, 11) is -2.17. The number of ketones is 1. The van der Waals surface area contributed by atoms with Gasteiger partial charge in [-0.15, -0.1) is 0 Å². The summed E-state index contributed by atoms with van der Waals surface area (Å²) < 4.78 is 29.3. The molecule has 110 valence electrons. The highest BCUT2D eigenvalue weighted by Crippen LogP contribution is 2.33. The minimum absolute atomic E-state index is 0.165. The minimum atomic E-state index is -3.78. The molecule has 0 unspecified atom stereocenters. The summed E-state index contributed by atoms with van der Waals surface area (Å²) in [6.45, 7) is 0.521. The number of nitrogens with one attached hydrogen (secondary N) is 1. The first-order valence-corrected chi connectivity index (χ1v) is 7.90. The van der Waals surface area contributed by atoms with E-state index in [-0.39, 0.29) is 11.7 Å². The van der Waals surface area contributed by atoms with Crippen LogP contribution in [0.25, 0.3) is 0 Å². The van der Waals surface area contributed by atoms with Gasteiger partial charge in [-0.3, -0.25) is 9.52 Å². The van der Waals surface area contributed by atoms with Gasteiger partial charge in [0.1, 0.15) is 5.78 Å². The molecule has 0 saturated carbocycles. The van der Waals surface area contributed by atoms with Crippen molar-refractivity contribution in [3.63, 3.8) is 0 Å². The van der Waals surface area contributed by atoms with Crippen molar-refractivity contribution in [3.05, 3.63) is 29.3 Å². The van der Waals surface area contributed by atoms with E-state index in [1.165, 1.54) is 0 Å². The van der Waals surface area contributed by atoms with E-state index >= 15 is 0 Å². The van der Waals surface area contributed by atoms with Crippen LogP contribution in [0.4, 0.5) is 5.69 Å². The predicted molar refractivity (Wildman–Crippen MR) is 75.7 cm³/mol. The third-order valence-corrected chi connectivity index (χ3v) is 3.94. The maximum Gasteiger partial charge on any atom is 0.296 e. The molecule has 1 aliphatic carbocycles. The number of Topliss-reactive ketones (excluding diaryl/α,β-unsaturated/α-hetero) is 1. The van der Waals surface area contributed by atoms with Crippen molar-refractivity contribution < 1.29 is 17.9 Å². The van der Waals surface area contributed by atoms with E-state index < -0.39 is 10.2 Å². The average molecular weight is 298 g/mol. The number of anilines is 1. The predicted octanol–water partition coefficient (Wildman–Crippen LogP) is 0.937. The minimum Gasteiger partial charge on any atom is -0.385 e. The fraction of sp³-hybridized carbons (Fsp3) is 0.462. The highest BCUT2D eigenvalue weighted by molar-refractivity contribution is 7.90. The number of methoxy groups -OCH3 is 1. The molecule has 1 aliphatic rings. The van der Waals surface area contributed by atoms with E-state index in [1.807, 2.05) is 0 Å². The number of nitrogens with two attached hydrogens (primary N) is 1. The molecule has 0 saturated heterocycles. The smallest absolute Gasteiger partial charge is 0.296 e. The molecule has 7 heteroatoms. The molecule has 6 nitrogen and oxygen atoms in total. The van der Waals surface area contributed by atoms with Crippen molar-refractivity contribution in [3.8, 4) is 0 Å². The van der Waals surface area contributed by atoms with Crippen molar-refractivity contribution in [1.29, 1.82) is 0 Å². The summed E-state index contributed by atoms with van der Waals surface area (Å²) in [6.07, 6.45) is 1.74. The Morgan fingerprint density at radius 2 is 2.15 bits per heavy atom. The largest absolute Gasteiger partial charge is 0.385 e. The van der Waals surface area contributed by atoms with E-state index in [9.17, 15) is 13.2 Å². The van der Waals surface area contributed by atoms with Crippen LogP contribution in [-0.4, -0.2) is 27.9 Å². The molecule has 20 heavy (non-hydrogen) atoms. The number of hydrogen-bond donors (Lipinski definition) is 2. The molecule has 0 amide bonds. The van der Waals surface area contributed by atoms with Gasteiger partial charge < -0.3 is 4.74 Å². The number of ether oxygens (including phenoxy) is 1. The Labute approximate surface area is 118 Å². The molecule has 0 bridgehead atoms. The van der Waals surface area contributed by atoms with Gasteiger partial charge >= 0.3 is 0 Å². The van der Waals surface area contributed by atoms with Gasteiger partial charge in [0.05, 0.1) is 5.69 Å². The summed E-state index contributed by atoms with van der Waals surface area (Å²) >= 11 is 0. The zero-order valence-corrected chi connectivity index (χ0v) is 12.1. The lowest BCUT2D eigenvalue weighted by molar-refractivity contribution is -0.121. The molecule has 2 rings (SSSR count). The number of benzene rings is 1. The molecular weight excluding hydrogens is 280 g/mol. The van der Waals surface area contributed by atoms with Crippen molar-refractivity contribution in [2.75, 3.05) is 18.4 Å². The summed E-state index contributed by atoms with van der Waals surface area (Å²) in [5.41, 5.74) is 2.36. The normalized spacial score (nSPS) is 18.7. The van der Waals surface area contributed by atoms with Gasteiger partial charge in [-0.05, 0) is 36.1 Å².